The molecule has 0 fully saturated rings. The SMILES string of the molecule is Fc1ccccc1Nc1ccccc1Nc1ccccc1F. The molecular formula is C18H14F2N2. The summed E-state index contributed by atoms with van der Waals surface area (Å²) >= 11 is 0. The van der Waals surface area contributed by atoms with E-state index in [1.807, 2.05) is 12.1 Å². The van der Waals surface area contributed by atoms with Crippen LogP contribution in [0.25, 0.3) is 0 Å². The predicted octanol–water partition coefficient (Wildman–Crippen LogP) is 5.45. The molecule has 0 saturated heterocycles. The number of benzene rings is 3. The van der Waals surface area contributed by atoms with E-state index in [0.717, 1.165) is 0 Å². The van der Waals surface area contributed by atoms with Crippen molar-refractivity contribution in [2.45, 2.75) is 0 Å². The van der Waals surface area contributed by atoms with Crippen LogP contribution in [0.3, 0.4) is 0 Å². The number of para-hydroxylation sites is 4. The number of anilines is 4. The van der Waals surface area contributed by atoms with Crippen molar-refractivity contribution in [1.29, 1.82) is 0 Å². The van der Waals surface area contributed by atoms with Gasteiger partial charge in [0.25, 0.3) is 0 Å². The second kappa shape index (κ2) is 6.26. The van der Waals surface area contributed by atoms with Gasteiger partial charge in [0, 0.05) is 0 Å². The zero-order valence-corrected chi connectivity index (χ0v) is 11.7. The van der Waals surface area contributed by atoms with Crippen LogP contribution in [0.15, 0.2) is 72.8 Å². The highest BCUT2D eigenvalue weighted by molar-refractivity contribution is 5.78. The quantitative estimate of drug-likeness (QED) is 0.668. The number of nitrogens with one attached hydrogen (secondary N) is 2. The van der Waals surface area contributed by atoms with Crippen LogP contribution in [0.5, 0.6) is 0 Å². The van der Waals surface area contributed by atoms with E-state index in [-0.39, 0.29) is 11.6 Å². The molecule has 0 unspecified atom stereocenters. The Balaban J connectivity index is 1.91. The first-order valence-electron chi connectivity index (χ1n) is 6.86. The predicted molar refractivity (Wildman–Crippen MR) is 85.8 cm³/mol. The number of halogens is 2. The smallest absolute Gasteiger partial charge is 0.146 e. The summed E-state index contributed by atoms with van der Waals surface area (Å²) in [5.74, 6) is -0.689. The molecule has 0 saturated carbocycles. The normalized spacial score (nSPS) is 10.3. The highest BCUT2D eigenvalue weighted by Gasteiger charge is 2.07. The average molecular weight is 296 g/mol. The summed E-state index contributed by atoms with van der Waals surface area (Å²) in [7, 11) is 0. The van der Waals surface area contributed by atoms with Gasteiger partial charge >= 0.3 is 0 Å². The maximum Gasteiger partial charge on any atom is 0.146 e. The summed E-state index contributed by atoms with van der Waals surface area (Å²) < 4.78 is 27.5. The monoisotopic (exact) mass is 296 g/mol. The summed E-state index contributed by atoms with van der Waals surface area (Å²) in [6.07, 6.45) is 0. The van der Waals surface area contributed by atoms with Gasteiger partial charge < -0.3 is 10.6 Å². The topological polar surface area (TPSA) is 24.1 Å². The van der Waals surface area contributed by atoms with E-state index in [2.05, 4.69) is 10.6 Å². The maximum atomic E-state index is 13.8. The number of hydrogen-bond donors (Lipinski definition) is 2. The molecule has 0 aliphatic rings. The summed E-state index contributed by atoms with van der Waals surface area (Å²) in [5, 5.41) is 6.04. The summed E-state index contributed by atoms with van der Waals surface area (Å²) in [5.41, 5.74) is 2.06. The van der Waals surface area contributed by atoms with Gasteiger partial charge in [-0.05, 0) is 36.4 Å². The molecule has 0 heterocycles. The van der Waals surface area contributed by atoms with Gasteiger partial charge in [0.2, 0.25) is 0 Å². The van der Waals surface area contributed by atoms with Crippen LogP contribution in [-0.2, 0) is 0 Å². The Morgan fingerprint density at radius 2 is 0.773 bits per heavy atom. The van der Waals surface area contributed by atoms with Gasteiger partial charge in [0.05, 0.1) is 22.7 Å². The van der Waals surface area contributed by atoms with Crippen LogP contribution in [0, 0.1) is 11.6 Å². The number of hydrogen-bond acceptors (Lipinski definition) is 2. The van der Waals surface area contributed by atoms with Crippen LogP contribution in [0.1, 0.15) is 0 Å². The van der Waals surface area contributed by atoms with Crippen molar-refractivity contribution in [2.75, 3.05) is 10.6 Å². The van der Waals surface area contributed by atoms with Gasteiger partial charge in [-0.25, -0.2) is 8.78 Å². The van der Waals surface area contributed by atoms with E-state index < -0.39 is 0 Å². The second-order valence-electron chi connectivity index (χ2n) is 4.76. The lowest BCUT2D eigenvalue weighted by Crippen LogP contribution is -1.99. The Morgan fingerprint density at radius 1 is 0.455 bits per heavy atom. The molecule has 0 atom stereocenters. The zero-order chi connectivity index (χ0) is 15.4. The van der Waals surface area contributed by atoms with Crippen LogP contribution < -0.4 is 10.6 Å². The Bertz CT molecular complexity index is 721. The van der Waals surface area contributed by atoms with E-state index in [4.69, 9.17) is 0 Å². The van der Waals surface area contributed by atoms with E-state index in [1.54, 1.807) is 48.5 Å². The minimum atomic E-state index is -0.344. The van der Waals surface area contributed by atoms with E-state index in [1.165, 1.54) is 12.1 Å². The van der Waals surface area contributed by atoms with Crippen molar-refractivity contribution >= 4 is 22.7 Å². The van der Waals surface area contributed by atoms with Crippen molar-refractivity contribution < 1.29 is 8.78 Å². The fourth-order valence-corrected chi connectivity index (χ4v) is 2.12. The summed E-state index contributed by atoms with van der Waals surface area (Å²) in [6.45, 7) is 0. The third-order valence-corrected chi connectivity index (χ3v) is 3.21. The lowest BCUT2D eigenvalue weighted by molar-refractivity contribution is 0.631. The molecule has 3 aromatic carbocycles. The third kappa shape index (κ3) is 3.06. The fourth-order valence-electron chi connectivity index (χ4n) is 2.12. The van der Waals surface area contributed by atoms with Crippen LogP contribution in [-0.4, -0.2) is 0 Å². The zero-order valence-electron chi connectivity index (χ0n) is 11.7. The Kier molecular flexibility index (Phi) is 4.01. The third-order valence-electron chi connectivity index (χ3n) is 3.21. The van der Waals surface area contributed by atoms with E-state index in [0.29, 0.717) is 22.7 Å². The highest BCUT2D eigenvalue weighted by Crippen LogP contribution is 2.29. The largest absolute Gasteiger partial charge is 0.351 e. The van der Waals surface area contributed by atoms with Gasteiger partial charge in [-0.3, -0.25) is 0 Å². The van der Waals surface area contributed by atoms with Crippen LogP contribution in [0.2, 0.25) is 0 Å². The van der Waals surface area contributed by atoms with Gasteiger partial charge in [-0.1, -0.05) is 36.4 Å². The van der Waals surface area contributed by atoms with Crippen LogP contribution in [0.4, 0.5) is 31.5 Å². The van der Waals surface area contributed by atoms with Crippen molar-refractivity contribution in [3.63, 3.8) is 0 Å². The van der Waals surface area contributed by atoms with Crippen molar-refractivity contribution in [3.05, 3.63) is 84.4 Å². The Hall–Kier alpha value is -2.88. The van der Waals surface area contributed by atoms with E-state index in [9.17, 15) is 8.78 Å². The molecule has 2 nitrogen and oxygen atoms in total. The molecule has 0 aliphatic carbocycles. The lowest BCUT2D eigenvalue weighted by Gasteiger charge is -2.14. The van der Waals surface area contributed by atoms with Crippen molar-refractivity contribution in [1.82, 2.24) is 0 Å². The van der Waals surface area contributed by atoms with Gasteiger partial charge in [0.1, 0.15) is 11.6 Å². The molecule has 0 aromatic heterocycles. The first-order valence-corrected chi connectivity index (χ1v) is 6.86. The highest BCUT2D eigenvalue weighted by atomic mass is 19.1. The molecular weight excluding hydrogens is 282 g/mol. The van der Waals surface area contributed by atoms with Gasteiger partial charge in [-0.2, -0.15) is 0 Å². The maximum absolute atomic E-state index is 13.8. The molecule has 2 N–H and O–H groups in total. The molecule has 0 spiro atoms. The minimum absolute atomic E-state index is 0.344. The molecule has 0 radical (unpaired) electrons. The Labute approximate surface area is 127 Å². The van der Waals surface area contributed by atoms with Crippen molar-refractivity contribution in [2.24, 2.45) is 0 Å². The van der Waals surface area contributed by atoms with Gasteiger partial charge in [-0.15, -0.1) is 0 Å². The molecule has 0 aliphatic heterocycles. The Morgan fingerprint density at radius 3 is 1.14 bits per heavy atom. The second-order valence-corrected chi connectivity index (χ2v) is 4.76. The van der Waals surface area contributed by atoms with Crippen molar-refractivity contribution in [3.8, 4) is 0 Å². The summed E-state index contributed by atoms with van der Waals surface area (Å²) in [6, 6.07) is 20.1. The summed E-state index contributed by atoms with van der Waals surface area (Å²) in [4.78, 5) is 0. The minimum Gasteiger partial charge on any atom is -0.351 e. The molecule has 3 aromatic rings. The van der Waals surface area contributed by atoms with Crippen LogP contribution >= 0.6 is 0 Å². The fraction of sp³-hybridized carbons (Fsp3) is 0. The average Bonchev–Trinajstić information content (AvgIpc) is 2.53. The number of rotatable bonds is 4. The first kappa shape index (κ1) is 14.1. The molecule has 0 bridgehead atoms. The van der Waals surface area contributed by atoms with E-state index >= 15 is 0 Å². The standard InChI is InChI=1S/C18H14F2N2/c19-13-7-1-3-9-15(13)21-17-11-5-6-12-18(17)22-16-10-4-2-8-14(16)20/h1-12,21-22H. The van der Waals surface area contributed by atoms with Gasteiger partial charge in [0.15, 0.2) is 0 Å². The lowest BCUT2D eigenvalue weighted by atomic mass is 10.2. The molecule has 22 heavy (non-hydrogen) atoms. The molecule has 3 rings (SSSR count). The molecule has 4 heteroatoms. The first-order chi connectivity index (χ1) is 10.7. The molecule has 0 amide bonds. The molecule has 110 valence electrons.